The molecule has 0 aliphatic heterocycles. The molecule has 0 fully saturated rings. The Bertz CT molecular complexity index is 862. The van der Waals surface area contributed by atoms with Crippen LogP contribution in [0.1, 0.15) is 22.2 Å². The first-order valence-electron chi connectivity index (χ1n) is 5.90. The molecule has 1 aromatic carbocycles. The minimum atomic E-state index is -0.678. The summed E-state index contributed by atoms with van der Waals surface area (Å²) in [6.45, 7) is 1.93. The number of nitrogens with zero attached hydrogens (tertiary/aromatic N) is 2. The lowest BCUT2D eigenvalue weighted by Gasteiger charge is -1.96. The van der Waals surface area contributed by atoms with Crippen LogP contribution in [0.4, 0.5) is 4.39 Å². The van der Waals surface area contributed by atoms with E-state index in [1.807, 2.05) is 6.92 Å². The molecule has 0 atom stereocenters. The van der Waals surface area contributed by atoms with Gasteiger partial charge >= 0.3 is 4.87 Å². The van der Waals surface area contributed by atoms with Crippen LogP contribution in [0.2, 0.25) is 0 Å². The van der Waals surface area contributed by atoms with Crippen molar-refractivity contribution in [3.05, 3.63) is 44.3 Å². The fourth-order valence-corrected chi connectivity index (χ4v) is 2.71. The first kappa shape index (κ1) is 12.7. The highest BCUT2D eigenvalue weighted by molar-refractivity contribution is 7.09. The van der Waals surface area contributed by atoms with Crippen LogP contribution in [0.5, 0.6) is 0 Å². The SMILES string of the molecule is CCc1cn(-c2noc3c(F)cc(C=O)cc23)c(=O)s1. The quantitative estimate of drug-likeness (QED) is 0.696. The second kappa shape index (κ2) is 4.68. The first-order valence-corrected chi connectivity index (χ1v) is 6.71. The van der Waals surface area contributed by atoms with E-state index >= 15 is 0 Å². The van der Waals surface area contributed by atoms with Gasteiger partial charge in [0.15, 0.2) is 11.6 Å². The molecule has 0 saturated heterocycles. The molecule has 0 aliphatic rings. The van der Waals surface area contributed by atoms with Gasteiger partial charge < -0.3 is 4.52 Å². The standard InChI is InChI=1S/C13H9FN2O3S/c1-2-8-5-16(13(18)20-8)12-9-3-7(6-17)4-10(14)11(9)19-15-12/h3-6H,2H2,1H3. The maximum atomic E-state index is 13.8. The van der Waals surface area contributed by atoms with Crippen molar-refractivity contribution >= 4 is 28.6 Å². The Morgan fingerprint density at radius 1 is 1.50 bits per heavy atom. The van der Waals surface area contributed by atoms with Crippen molar-refractivity contribution in [2.75, 3.05) is 0 Å². The number of hydrogen-bond acceptors (Lipinski definition) is 5. The zero-order valence-corrected chi connectivity index (χ0v) is 11.2. The molecule has 2 aromatic heterocycles. The van der Waals surface area contributed by atoms with Crippen molar-refractivity contribution in [3.8, 4) is 5.82 Å². The number of carbonyl (C=O) groups is 1. The van der Waals surface area contributed by atoms with Gasteiger partial charge in [0, 0.05) is 16.6 Å². The number of aromatic nitrogens is 2. The molecule has 0 N–H and O–H groups in total. The van der Waals surface area contributed by atoms with E-state index in [1.54, 1.807) is 6.20 Å². The summed E-state index contributed by atoms with van der Waals surface area (Å²) in [6, 6.07) is 2.52. The Kier molecular flexibility index (Phi) is 2.98. The molecule has 2 heterocycles. The average molecular weight is 292 g/mol. The van der Waals surface area contributed by atoms with Crippen LogP contribution in [0.25, 0.3) is 16.8 Å². The average Bonchev–Trinajstić information content (AvgIpc) is 3.01. The summed E-state index contributed by atoms with van der Waals surface area (Å²) in [6.07, 6.45) is 2.90. The summed E-state index contributed by atoms with van der Waals surface area (Å²) in [7, 11) is 0. The number of hydrogen-bond donors (Lipinski definition) is 0. The minimum Gasteiger partial charge on any atom is -0.351 e. The second-order valence-electron chi connectivity index (χ2n) is 4.19. The highest BCUT2D eigenvalue weighted by Gasteiger charge is 2.17. The predicted molar refractivity (Wildman–Crippen MR) is 72.2 cm³/mol. The molecule has 0 spiro atoms. The summed E-state index contributed by atoms with van der Waals surface area (Å²) < 4.78 is 20.0. The number of rotatable bonds is 3. The second-order valence-corrected chi connectivity index (χ2v) is 5.27. The molecule has 0 radical (unpaired) electrons. The van der Waals surface area contributed by atoms with Crippen LogP contribution in [-0.4, -0.2) is 16.0 Å². The van der Waals surface area contributed by atoms with E-state index < -0.39 is 5.82 Å². The third kappa shape index (κ3) is 1.87. The van der Waals surface area contributed by atoms with E-state index in [0.29, 0.717) is 11.7 Å². The lowest BCUT2D eigenvalue weighted by molar-refractivity contribution is 0.112. The van der Waals surface area contributed by atoms with E-state index in [9.17, 15) is 14.0 Å². The molecule has 7 heteroatoms. The monoisotopic (exact) mass is 292 g/mol. The van der Waals surface area contributed by atoms with Crippen molar-refractivity contribution in [2.45, 2.75) is 13.3 Å². The van der Waals surface area contributed by atoms with Crippen LogP contribution in [0.15, 0.2) is 27.6 Å². The number of benzene rings is 1. The molecule has 0 unspecified atom stereocenters. The maximum absolute atomic E-state index is 13.8. The Balaban J connectivity index is 2.31. The molecule has 102 valence electrons. The fourth-order valence-electron chi connectivity index (χ4n) is 1.95. The lowest BCUT2D eigenvalue weighted by Crippen LogP contribution is -2.09. The van der Waals surface area contributed by atoms with Gasteiger partial charge in [0.2, 0.25) is 5.58 Å². The molecule has 3 aromatic rings. The van der Waals surface area contributed by atoms with Crippen LogP contribution in [-0.2, 0) is 6.42 Å². The number of halogens is 1. The van der Waals surface area contributed by atoms with E-state index in [1.165, 1.54) is 10.6 Å². The van der Waals surface area contributed by atoms with E-state index in [4.69, 9.17) is 4.52 Å². The molecular formula is C13H9FN2O3S. The summed E-state index contributed by atoms with van der Waals surface area (Å²) in [5.74, 6) is -0.481. The fraction of sp³-hybridized carbons (Fsp3) is 0.154. The third-order valence-electron chi connectivity index (χ3n) is 2.93. The molecule has 0 aliphatic carbocycles. The number of carbonyl (C=O) groups excluding carboxylic acids is 1. The van der Waals surface area contributed by atoms with Crippen LogP contribution in [0.3, 0.4) is 0 Å². The Morgan fingerprint density at radius 3 is 2.95 bits per heavy atom. The van der Waals surface area contributed by atoms with Crippen LogP contribution >= 0.6 is 11.3 Å². The molecule has 0 bridgehead atoms. The smallest absolute Gasteiger partial charge is 0.313 e. The summed E-state index contributed by atoms with van der Waals surface area (Å²) in [5, 5.41) is 4.05. The van der Waals surface area contributed by atoms with Gasteiger partial charge in [-0.05, 0) is 18.6 Å². The van der Waals surface area contributed by atoms with Gasteiger partial charge in [0.1, 0.15) is 6.29 Å². The number of aldehydes is 1. The van der Waals surface area contributed by atoms with Crippen molar-refractivity contribution in [1.82, 2.24) is 9.72 Å². The summed E-state index contributed by atoms with van der Waals surface area (Å²) in [4.78, 5) is 23.4. The van der Waals surface area contributed by atoms with E-state index in [0.717, 1.165) is 28.7 Å². The molecular weight excluding hydrogens is 283 g/mol. The van der Waals surface area contributed by atoms with Crippen molar-refractivity contribution in [1.29, 1.82) is 0 Å². The van der Waals surface area contributed by atoms with Gasteiger partial charge in [-0.3, -0.25) is 14.2 Å². The van der Waals surface area contributed by atoms with Gasteiger partial charge in [-0.2, -0.15) is 0 Å². The van der Waals surface area contributed by atoms with Crippen LogP contribution < -0.4 is 4.87 Å². The number of thiazole rings is 1. The number of aryl methyl sites for hydroxylation is 1. The highest BCUT2D eigenvalue weighted by Crippen LogP contribution is 2.25. The van der Waals surface area contributed by atoms with Gasteiger partial charge in [-0.15, -0.1) is 0 Å². The Labute approximate surface area is 116 Å². The van der Waals surface area contributed by atoms with Gasteiger partial charge in [0.25, 0.3) is 0 Å². The molecule has 0 saturated carbocycles. The summed E-state index contributed by atoms with van der Waals surface area (Å²) >= 11 is 1.10. The van der Waals surface area contributed by atoms with E-state index in [-0.39, 0.29) is 21.8 Å². The van der Waals surface area contributed by atoms with E-state index in [2.05, 4.69) is 5.16 Å². The Morgan fingerprint density at radius 2 is 2.30 bits per heavy atom. The van der Waals surface area contributed by atoms with Gasteiger partial charge in [-0.25, -0.2) is 4.39 Å². The topological polar surface area (TPSA) is 65.1 Å². The largest absolute Gasteiger partial charge is 0.351 e. The molecule has 5 nitrogen and oxygen atoms in total. The molecule has 20 heavy (non-hydrogen) atoms. The van der Waals surface area contributed by atoms with Crippen LogP contribution in [0, 0.1) is 5.82 Å². The minimum absolute atomic E-state index is 0.0678. The normalized spacial score (nSPS) is 11.1. The molecule has 3 rings (SSSR count). The van der Waals surface area contributed by atoms with Gasteiger partial charge in [-0.1, -0.05) is 23.4 Å². The van der Waals surface area contributed by atoms with Crippen molar-refractivity contribution < 1.29 is 13.7 Å². The Hall–Kier alpha value is -2.28. The summed E-state index contributed by atoms with van der Waals surface area (Å²) in [5.41, 5.74) is 0.0974. The van der Waals surface area contributed by atoms with Gasteiger partial charge in [0.05, 0.1) is 5.39 Å². The zero-order valence-electron chi connectivity index (χ0n) is 10.4. The third-order valence-corrected chi connectivity index (χ3v) is 3.96. The molecule has 0 amide bonds. The van der Waals surface area contributed by atoms with Crippen molar-refractivity contribution in [2.24, 2.45) is 0 Å². The van der Waals surface area contributed by atoms with Crippen molar-refractivity contribution in [3.63, 3.8) is 0 Å². The number of fused-ring (bicyclic) bond motifs is 1. The zero-order chi connectivity index (χ0) is 14.3. The maximum Gasteiger partial charge on any atom is 0.313 e. The lowest BCUT2D eigenvalue weighted by atomic mass is 10.1. The highest BCUT2D eigenvalue weighted by atomic mass is 32.1. The first-order chi connectivity index (χ1) is 9.63. The predicted octanol–water partition coefficient (Wildman–Crippen LogP) is 2.55.